The minimum atomic E-state index is -0.146. The summed E-state index contributed by atoms with van der Waals surface area (Å²) in [7, 11) is 1.84. The first-order valence-corrected chi connectivity index (χ1v) is 6.00. The number of hydrogen-bond donors (Lipinski definition) is 2. The van der Waals surface area contributed by atoms with Gasteiger partial charge in [0.25, 0.3) is 5.91 Å². The van der Waals surface area contributed by atoms with Gasteiger partial charge in [-0.3, -0.25) is 4.79 Å². The third kappa shape index (κ3) is 2.42. The second kappa shape index (κ2) is 5.04. The molecule has 0 unspecified atom stereocenters. The highest BCUT2D eigenvalue weighted by Gasteiger charge is 2.11. The van der Waals surface area contributed by atoms with Crippen molar-refractivity contribution in [1.82, 2.24) is 10.3 Å². The molecule has 0 saturated heterocycles. The quantitative estimate of drug-likeness (QED) is 0.870. The molecule has 0 fully saturated rings. The van der Waals surface area contributed by atoms with Gasteiger partial charge >= 0.3 is 0 Å². The van der Waals surface area contributed by atoms with Crippen LogP contribution in [0.15, 0.2) is 30.3 Å². The molecule has 0 aliphatic rings. The molecule has 1 aromatic heterocycles. The lowest BCUT2D eigenvalue weighted by Gasteiger charge is -2.11. The number of para-hydroxylation sites is 1. The van der Waals surface area contributed by atoms with E-state index < -0.39 is 0 Å². The maximum absolute atomic E-state index is 12.0. The first-order valence-electron chi connectivity index (χ1n) is 6.00. The van der Waals surface area contributed by atoms with E-state index in [4.69, 9.17) is 0 Å². The van der Waals surface area contributed by atoms with E-state index in [1.165, 1.54) is 0 Å². The van der Waals surface area contributed by atoms with Crippen LogP contribution >= 0.6 is 0 Å². The molecule has 94 valence electrons. The van der Waals surface area contributed by atoms with E-state index >= 15 is 0 Å². The summed E-state index contributed by atoms with van der Waals surface area (Å²) in [5.41, 5.74) is 2.17. The smallest absolute Gasteiger partial charge is 0.270 e. The van der Waals surface area contributed by atoms with Crippen molar-refractivity contribution >= 4 is 22.5 Å². The average Bonchev–Trinajstić information content (AvgIpc) is 2.36. The predicted molar refractivity (Wildman–Crippen MR) is 73.9 cm³/mol. The highest BCUT2D eigenvalue weighted by Crippen LogP contribution is 2.22. The van der Waals surface area contributed by atoms with Gasteiger partial charge < -0.3 is 10.6 Å². The van der Waals surface area contributed by atoms with Crippen LogP contribution < -0.4 is 10.6 Å². The van der Waals surface area contributed by atoms with Crippen molar-refractivity contribution in [1.29, 1.82) is 0 Å². The van der Waals surface area contributed by atoms with Gasteiger partial charge in [0.1, 0.15) is 5.69 Å². The number of pyridine rings is 1. The Balaban J connectivity index is 2.50. The zero-order valence-corrected chi connectivity index (χ0v) is 10.8. The number of carbonyl (C=O) groups excluding carboxylic acids is 1. The fourth-order valence-electron chi connectivity index (χ4n) is 1.83. The van der Waals surface area contributed by atoms with Crippen LogP contribution in [0.2, 0.25) is 0 Å². The number of nitrogens with one attached hydrogen (secondary N) is 2. The summed E-state index contributed by atoms with van der Waals surface area (Å²) in [6, 6.07) is 9.64. The molecule has 0 bridgehead atoms. The molecule has 2 N–H and O–H groups in total. The van der Waals surface area contributed by atoms with Crippen molar-refractivity contribution in [3.63, 3.8) is 0 Å². The first-order chi connectivity index (χ1) is 8.61. The molecule has 0 aliphatic carbocycles. The summed E-state index contributed by atoms with van der Waals surface area (Å²) < 4.78 is 0. The van der Waals surface area contributed by atoms with Crippen molar-refractivity contribution in [2.24, 2.45) is 0 Å². The van der Waals surface area contributed by atoms with Gasteiger partial charge in [0.15, 0.2) is 0 Å². The topological polar surface area (TPSA) is 54.0 Å². The number of hydrogen-bond acceptors (Lipinski definition) is 3. The van der Waals surface area contributed by atoms with Crippen LogP contribution in [-0.4, -0.2) is 24.0 Å². The lowest BCUT2D eigenvalue weighted by Crippen LogP contribution is -2.30. The number of nitrogens with zero attached hydrogens (tertiary/aromatic N) is 1. The molecule has 2 aromatic rings. The van der Waals surface area contributed by atoms with E-state index in [0.717, 1.165) is 16.6 Å². The number of anilines is 1. The summed E-state index contributed by atoms with van der Waals surface area (Å²) >= 11 is 0. The van der Waals surface area contributed by atoms with Gasteiger partial charge in [-0.05, 0) is 26.0 Å². The summed E-state index contributed by atoms with van der Waals surface area (Å²) in [6.45, 7) is 3.86. The van der Waals surface area contributed by atoms with E-state index in [-0.39, 0.29) is 11.9 Å². The fraction of sp³-hybridized carbons (Fsp3) is 0.286. The second-order valence-electron chi connectivity index (χ2n) is 4.45. The molecule has 4 nitrogen and oxygen atoms in total. The number of carbonyl (C=O) groups is 1. The third-order valence-electron chi connectivity index (χ3n) is 2.64. The van der Waals surface area contributed by atoms with E-state index in [9.17, 15) is 4.79 Å². The SMILES string of the molecule is CNc1cc(C(=O)NC(C)C)nc2ccccc12. The largest absolute Gasteiger partial charge is 0.388 e. The minimum absolute atomic E-state index is 0.101. The Morgan fingerprint density at radius 1 is 1.28 bits per heavy atom. The van der Waals surface area contributed by atoms with Crippen molar-refractivity contribution in [2.75, 3.05) is 12.4 Å². The summed E-state index contributed by atoms with van der Waals surface area (Å²) in [4.78, 5) is 16.4. The lowest BCUT2D eigenvalue weighted by molar-refractivity contribution is 0.0938. The third-order valence-corrected chi connectivity index (χ3v) is 2.64. The molecule has 0 atom stereocenters. The Morgan fingerprint density at radius 2 is 2.00 bits per heavy atom. The molecule has 0 aliphatic heterocycles. The van der Waals surface area contributed by atoms with Crippen LogP contribution in [0.1, 0.15) is 24.3 Å². The Hall–Kier alpha value is -2.10. The average molecular weight is 243 g/mol. The molecule has 1 heterocycles. The van der Waals surface area contributed by atoms with Gasteiger partial charge in [0.2, 0.25) is 0 Å². The van der Waals surface area contributed by atoms with Gasteiger partial charge in [-0.2, -0.15) is 0 Å². The summed E-state index contributed by atoms with van der Waals surface area (Å²) in [6.07, 6.45) is 0. The molecule has 0 spiro atoms. The highest BCUT2D eigenvalue weighted by molar-refractivity contribution is 5.99. The Bertz CT molecular complexity index is 578. The van der Waals surface area contributed by atoms with Crippen LogP contribution in [0.5, 0.6) is 0 Å². The van der Waals surface area contributed by atoms with Gasteiger partial charge in [-0.25, -0.2) is 4.98 Å². The van der Waals surface area contributed by atoms with Crippen molar-refractivity contribution in [3.8, 4) is 0 Å². The van der Waals surface area contributed by atoms with E-state index in [0.29, 0.717) is 5.69 Å². The van der Waals surface area contributed by atoms with Gasteiger partial charge in [-0.1, -0.05) is 18.2 Å². The zero-order chi connectivity index (χ0) is 13.1. The molecule has 0 radical (unpaired) electrons. The molecular formula is C14H17N3O. The predicted octanol–water partition coefficient (Wildman–Crippen LogP) is 2.41. The standard InChI is InChI=1S/C14H17N3O/c1-9(2)16-14(18)13-8-12(15-3)10-6-4-5-7-11(10)17-13/h4-9H,1-3H3,(H,15,17)(H,16,18). The Morgan fingerprint density at radius 3 is 2.67 bits per heavy atom. The van der Waals surface area contributed by atoms with Crippen molar-refractivity contribution < 1.29 is 4.79 Å². The maximum Gasteiger partial charge on any atom is 0.270 e. The van der Waals surface area contributed by atoms with Crippen LogP contribution in [0.25, 0.3) is 10.9 Å². The van der Waals surface area contributed by atoms with Crippen LogP contribution in [0, 0.1) is 0 Å². The molecule has 2 rings (SSSR count). The lowest BCUT2D eigenvalue weighted by atomic mass is 10.1. The first kappa shape index (κ1) is 12.4. The number of amides is 1. The van der Waals surface area contributed by atoms with Gasteiger partial charge in [0.05, 0.1) is 5.52 Å². The van der Waals surface area contributed by atoms with E-state index in [1.54, 1.807) is 6.07 Å². The molecule has 18 heavy (non-hydrogen) atoms. The summed E-state index contributed by atoms with van der Waals surface area (Å²) in [5.74, 6) is -0.146. The fourth-order valence-corrected chi connectivity index (χ4v) is 1.83. The minimum Gasteiger partial charge on any atom is -0.388 e. The van der Waals surface area contributed by atoms with Crippen LogP contribution in [0.3, 0.4) is 0 Å². The molecule has 1 amide bonds. The second-order valence-corrected chi connectivity index (χ2v) is 4.45. The number of rotatable bonds is 3. The van der Waals surface area contributed by atoms with Gasteiger partial charge in [-0.15, -0.1) is 0 Å². The van der Waals surface area contributed by atoms with Crippen LogP contribution in [0.4, 0.5) is 5.69 Å². The van der Waals surface area contributed by atoms with E-state index in [1.807, 2.05) is 45.2 Å². The normalized spacial score (nSPS) is 10.7. The number of benzene rings is 1. The molecule has 4 heteroatoms. The molecule has 1 aromatic carbocycles. The number of aromatic nitrogens is 1. The van der Waals surface area contributed by atoms with Crippen molar-refractivity contribution in [3.05, 3.63) is 36.0 Å². The zero-order valence-electron chi connectivity index (χ0n) is 10.8. The van der Waals surface area contributed by atoms with Gasteiger partial charge in [0, 0.05) is 24.2 Å². The Kier molecular flexibility index (Phi) is 3.46. The molecular weight excluding hydrogens is 226 g/mol. The Labute approximate surface area is 106 Å². The number of fused-ring (bicyclic) bond motifs is 1. The highest BCUT2D eigenvalue weighted by atomic mass is 16.1. The van der Waals surface area contributed by atoms with E-state index in [2.05, 4.69) is 15.6 Å². The van der Waals surface area contributed by atoms with Crippen LogP contribution in [-0.2, 0) is 0 Å². The maximum atomic E-state index is 12.0. The van der Waals surface area contributed by atoms with Crippen molar-refractivity contribution in [2.45, 2.75) is 19.9 Å². The molecule has 0 saturated carbocycles. The monoisotopic (exact) mass is 243 g/mol. The summed E-state index contributed by atoms with van der Waals surface area (Å²) in [5, 5.41) is 6.96.